The van der Waals surface area contributed by atoms with Gasteiger partial charge < -0.3 is 9.80 Å². The Morgan fingerprint density at radius 3 is 2.57 bits per heavy atom. The van der Waals surface area contributed by atoms with Crippen molar-refractivity contribution in [3.63, 3.8) is 0 Å². The number of aromatic nitrogens is 1. The second kappa shape index (κ2) is 7.08. The summed E-state index contributed by atoms with van der Waals surface area (Å²) in [4.78, 5) is 33.0. The van der Waals surface area contributed by atoms with Gasteiger partial charge in [-0.05, 0) is 30.2 Å². The van der Waals surface area contributed by atoms with Crippen molar-refractivity contribution in [1.82, 2.24) is 14.8 Å². The molecule has 2 saturated heterocycles. The molecule has 0 N–H and O–H groups in total. The molecule has 4 rings (SSSR count). The van der Waals surface area contributed by atoms with Crippen LogP contribution in [0.25, 0.3) is 0 Å². The van der Waals surface area contributed by atoms with Crippen molar-refractivity contribution in [3.8, 4) is 6.07 Å². The number of carbonyl (C=O) groups is 2. The molecule has 0 radical (unpaired) electrons. The fourth-order valence-corrected chi connectivity index (χ4v) is 4.62. The minimum Gasteiger partial charge on any atom is -0.338 e. The first kappa shape index (κ1) is 18.2. The molecular weight excluding hydrogens is 352 g/mol. The SMILES string of the molecule is CC(=O)N1C[C@H]2CN(C(=O)c3ccc(C#N)nc3)C[C@H]2[C@@H]1c1ccccc1C. The maximum absolute atomic E-state index is 12.9. The van der Waals surface area contributed by atoms with Crippen LogP contribution < -0.4 is 0 Å². The summed E-state index contributed by atoms with van der Waals surface area (Å²) in [7, 11) is 0. The predicted molar refractivity (Wildman–Crippen MR) is 103 cm³/mol. The molecule has 0 saturated carbocycles. The third-order valence-electron chi connectivity index (χ3n) is 5.99. The van der Waals surface area contributed by atoms with E-state index in [9.17, 15) is 9.59 Å². The van der Waals surface area contributed by atoms with Crippen molar-refractivity contribution in [2.45, 2.75) is 19.9 Å². The molecule has 28 heavy (non-hydrogen) atoms. The van der Waals surface area contributed by atoms with Crippen LogP contribution in [0.5, 0.6) is 0 Å². The standard InChI is InChI=1S/C22H22N4O2/c1-14-5-3-4-6-19(14)21-20-13-25(11-17(20)12-26(21)15(2)27)22(28)16-7-8-18(9-23)24-10-16/h3-8,10,17,20-21H,11-13H2,1-2H3/t17-,20-,21+/m1/s1. The minimum absolute atomic E-state index is 0.000546. The summed E-state index contributed by atoms with van der Waals surface area (Å²) in [5, 5.41) is 8.88. The summed E-state index contributed by atoms with van der Waals surface area (Å²) < 4.78 is 0. The number of nitriles is 1. The topological polar surface area (TPSA) is 77.3 Å². The number of rotatable bonds is 2. The number of amides is 2. The van der Waals surface area contributed by atoms with Gasteiger partial charge in [-0.1, -0.05) is 24.3 Å². The zero-order chi connectivity index (χ0) is 19.8. The lowest BCUT2D eigenvalue weighted by Crippen LogP contribution is -2.36. The number of fused-ring (bicyclic) bond motifs is 1. The number of likely N-dealkylation sites (tertiary alicyclic amines) is 2. The highest BCUT2D eigenvalue weighted by Crippen LogP contribution is 2.45. The van der Waals surface area contributed by atoms with Gasteiger partial charge in [-0.25, -0.2) is 4.98 Å². The summed E-state index contributed by atoms with van der Waals surface area (Å²) in [6.45, 7) is 5.62. The van der Waals surface area contributed by atoms with Crippen LogP contribution in [0.1, 0.15) is 40.1 Å². The second-order valence-corrected chi connectivity index (χ2v) is 7.65. The van der Waals surface area contributed by atoms with Gasteiger partial charge in [0.15, 0.2) is 0 Å². The van der Waals surface area contributed by atoms with E-state index in [0.29, 0.717) is 30.9 Å². The van der Waals surface area contributed by atoms with E-state index in [0.717, 1.165) is 0 Å². The van der Waals surface area contributed by atoms with E-state index >= 15 is 0 Å². The van der Waals surface area contributed by atoms with Crippen molar-refractivity contribution >= 4 is 11.8 Å². The van der Waals surface area contributed by atoms with Gasteiger partial charge in [0.25, 0.3) is 5.91 Å². The Labute approximate surface area is 164 Å². The molecule has 1 aromatic carbocycles. The average Bonchev–Trinajstić information content (AvgIpc) is 3.26. The largest absolute Gasteiger partial charge is 0.338 e. The minimum atomic E-state index is -0.0655. The third-order valence-corrected chi connectivity index (χ3v) is 5.99. The van der Waals surface area contributed by atoms with E-state index < -0.39 is 0 Å². The third kappa shape index (κ3) is 3.03. The van der Waals surface area contributed by atoms with E-state index in [1.54, 1.807) is 19.1 Å². The van der Waals surface area contributed by atoms with Gasteiger partial charge in [-0.2, -0.15) is 5.26 Å². The van der Waals surface area contributed by atoms with Gasteiger partial charge in [0.05, 0.1) is 11.6 Å². The summed E-state index contributed by atoms with van der Waals surface area (Å²) in [5.41, 5.74) is 3.13. The molecule has 1 aromatic heterocycles. The first-order valence-electron chi connectivity index (χ1n) is 9.47. The molecule has 3 atom stereocenters. The maximum Gasteiger partial charge on any atom is 0.255 e. The molecule has 6 nitrogen and oxygen atoms in total. The van der Waals surface area contributed by atoms with Crippen LogP contribution in [-0.4, -0.2) is 46.2 Å². The van der Waals surface area contributed by atoms with E-state index in [-0.39, 0.29) is 29.7 Å². The van der Waals surface area contributed by atoms with Crippen molar-refractivity contribution < 1.29 is 9.59 Å². The molecule has 3 heterocycles. The highest BCUT2D eigenvalue weighted by Gasteiger charge is 2.49. The highest BCUT2D eigenvalue weighted by molar-refractivity contribution is 5.94. The molecule has 6 heteroatoms. The molecule has 0 unspecified atom stereocenters. The Kier molecular flexibility index (Phi) is 4.60. The Balaban J connectivity index is 1.59. The van der Waals surface area contributed by atoms with E-state index in [1.165, 1.54) is 17.3 Å². The lowest BCUT2D eigenvalue weighted by molar-refractivity contribution is -0.130. The lowest BCUT2D eigenvalue weighted by Gasteiger charge is -2.30. The van der Waals surface area contributed by atoms with Crippen molar-refractivity contribution in [2.75, 3.05) is 19.6 Å². The molecule has 0 bridgehead atoms. The maximum atomic E-state index is 12.9. The number of hydrogen-bond acceptors (Lipinski definition) is 4. The molecule has 0 spiro atoms. The molecular formula is C22H22N4O2. The van der Waals surface area contributed by atoms with Gasteiger partial charge >= 0.3 is 0 Å². The van der Waals surface area contributed by atoms with Gasteiger partial charge in [0.1, 0.15) is 11.8 Å². The van der Waals surface area contributed by atoms with Gasteiger partial charge in [0.2, 0.25) is 5.91 Å². The summed E-state index contributed by atoms with van der Waals surface area (Å²) in [5.74, 6) is 0.505. The summed E-state index contributed by atoms with van der Waals surface area (Å²) in [6, 6.07) is 13.4. The van der Waals surface area contributed by atoms with Crippen molar-refractivity contribution in [1.29, 1.82) is 5.26 Å². The van der Waals surface area contributed by atoms with E-state index in [4.69, 9.17) is 5.26 Å². The Bertz CT molecular complexity index is 963. The number of carbonyl (C=O) groups excluding carboxylic acids is 2. The molecule has 0 aliphatic carbocycles. The van der Waals surface area contributed by atoms with E-state index in [2.05, 4.69) is 24.0 Å². The van der Waals surface area contributed by atoms with Gasteiger partial charge in [-0.3, -0.25) is 9.59 Å². The molecule has 2 amide bonds. The van der Waals surface area contributed by atoms with E-state index in [1.807, 2.05) is 28.0 Å². The smallest absolute Gasteiger partial charge is 0.255 e. The summed E-state index contributed by atoms with van der Waals surface area (Å²) in [6.07, 6.45) is 1.47. The second-order valence-electron chi connectivity index (χ2n) is 7.65. The first-order chi connectivity index (χ1) is 13.5. The number of nitrogens with zero attached hydrogens (tertiary/aromatic N) is 4. The van der Waals surface area contributed by atoms with Crippen LogP contribution in [0.2, 0.25) is 0 Å². The Morgan fingerprint density at radius 1 is 1.14 bits per heavy atom. The molecule has 2 aliphatic rings. The number of pyridine rings is 1. The van der Waals surface area contributed by atoms with Crippen LogP contribution in [0.15, 0.2) is 42.6 Å². The monoisotopic (exact) mass is 374 g/mol. The summed E-state index contributed by atoms with van der Waals surface area (Å²) >= 11 is 0. The fourth-order valence-electron chi connectivity index (χ4n) is 4.62. The average molecular weight is 374 g/mol. The van der Waals surface area contributed by atoms with Crippen LogP contribution in [0.4, 0.5) is 0 Å². The number of benzene rings is 1. The first-order valence-corrected chi connectivity index (χ1v) is 9.47. The van der Waals surface area contributed by atoms with Crippen LogP contribution >= 0.6 is 0 Å². The van der Waals surface area contributed by atoms with Crippen molar-refractivity contribution in [3.05, 3.63) is 65.0 Å². The zero-order valence-electron chi connectivity index (χ0n) is 16.0. The fraction of sp³-hybridized carbons (Fsp3) is 0.364. The zero-order valence-corrected chi connectivity index (χ0v) is 16.0. The Morgan fingerprint density at radius 2 is 1.93 bits per heavy atom. The van der Waals surface area contributed by atoms with Crippen LogP contribution in [0.3, 0.4) is 0 Å². The highest BCUT2D eigenvalue weighted by atomic mass is 16.2. The molecule has 2 fully saturated rings. The van der Waals surface area contributed by atoms with Crippen LogP contribution in [-0.2, 0) is 4.79 Å². The predicted octanol–water partition coefficient (Wildman–Crippen LogP) is 2.55. The number of hydrogen-bond donors (Lipinski definition) is 0. The van der Waals surface area contributed by atoms with Gasteiger partial charge in [-0.15, -0.1) is 0 Å². The quantitative estimate of drug-likeness (QED) is 0.809. The van der Waals surface area contributed by atoms with Crippen molar-refractivity contribution in [2.24, 2.45) is 11.8 Å². The Hall–Kier alpha value is -3.20. The molecule has 142 valence electrons. The van der Waals surface area contributed by atoms with Crippen LogP contribution in [0, 0.1) is 30.1 Å². The molecule has 2 aromatic rings. The lowest BCUT2D eigenvalue weighted by atomic mass is 9.87. The normalized spacial score (nSPS) is 23.4. The molecule has 2 aliphatic heterocycles. The number of aryl methyl sites for hydroxylation is 1. The van der Waals surface area contributed by atoms with Gasteiger partial charge in [0, 0.05) is 44.6 Å².